The predicted octanol–water partition coefficient (Wildman–Crippen LogP) is 3.20. The van der Waals surface area contributed by atoms with Crippen LogP contribution in [0, 0.1) is 5.92 Å². The minimum absolute atomic E-state index is 0.0391. The van der Waals surface area contributed by atoms with E-state index < -0.39 is 0 Å². The largest absolute Gasteiger partial charge is 0.343 e. The predicted molar refractivity (Wildman–Crippen MR) is 110 cm³/mol. The fourth-order valence-electron chi connectivity index (χ4n) is 3.72. The summed E-state index contributed by atoms with van der Waals surface area (Å²) in [5, 5.41) is 0. The molecule has 1 saturated heterocycles. The summed E-state index contributed by atoms with van der Waals surface area (Å²) < 4.78 is 0. The highest BCUT2D eigenvalue weighted by molar-refractivity contribution is 5.94. The number of benzene rings is 1. The van der Waals surface area contributed by atoms with E-state index >= 15 is 0 Å². The van der Waals surface area contributed by atoms with Gasteiger partial charge in [0, 0.05) is 57.5 Å². The maximum absolute atomic E-state index is 12.6. The quantitative estimate of drug-likeness (QED) is 0.774. The van der Waals surface area contributed by atoms with Crippen LogP contribution in [0.4, 0.5) is 0 Å². The molecular formula is C23H29N3O2. The number of amides is 2. The molecule has 28 heavy (non-hydrogen) atoms. The first-order chi connectivity index (χ1) is 13.5. The molecule has 1 aromatic heterocycles. The Hall–Kier alpha value is -2.69. The Bertz CT molecular complexity index is 781. The summed E-state index contributed by atoms with van der Waals surface area (Å²) in [5.74, 6) is 0.823. The Morgan fingerprint density at radius 3 is 2.43 bits per heavy atom. The van der Waals surface area contributed by atoms with Gasteiger partial charge in [-0.05, 0) is 55.0 Å². The van der Waals surface area contributed by atoms with Gasteiger partial charge in [0.25, 0.3) is 5.91 Å². The highest BCUT2D eigenvalue weighted by Crippen LogP contribution is 2.22. The lowest BCUT2D eigenvalue weighted by molar-refractivity contribution is -0.130. The van der Waals surface area contributed by atoms with Gasteiger partial charge in [0.05, 0.1) is 0 Å². The molecule has 1 aliphatic heterocycles. The second-order valence-corrected chi connectivity index (χ2v) is 7.65. The van der Waals surface area contributed by atoms with Crippen molar-refractivity contribution in [2.45, 2.75) is 32.6 Å². The average molecular weight is 380 g/mol. The van der Waals surface area contributed by atoms with Gasteiger partial charge in [-0.2, -0.15) is 0 Å². The Morgan fingerprint density at radius 2 is 1.82 bits per heavy atom. The van der Waals surface area contributed by atoms with Gasteiger partial charge < -0.3 is 9.80 Å². The van der Waals surface area contributed by atoms with Crippen LogP contribution in [0.3, 0.4) is 0 Å². The molecule has 1 aromatic carbocycles. The van der Waals surface area contributed by atoms with Crippen LogP contribution in [0.25, 0.3) is 0 Å². The van der Waals surface area contributed by atoms with Crippen molar-refractivity contribution in [1.82, 2.24) is 14.8 Å². The van der Waals surface area contributed by atoms with Crippen molar-refractivity contribution < 1.29 is 9.59 Å². The van der Waals surface area contributed by atoms with E-state index in [2.05, 4.69) is 17.1 Å². The van der Waals surface area contributed by atoms with Gasteiger partial charge in [-0.1, -0.05) is 18.2 Å². The van der Waals surface area contributed by atoms with E-state index in [1.165, 1.54) is 5.56 Å². The van der Waals surface area contributed by atoms with Crippen LogP contribution in [0.15, 0.2) is 48.7 Å². The van der Waals surface area contributed by atoms with Gasteiger partial charge in [-0.25, -0.2) is 0 Å². The van der Waals surface area contributed by atoms with Crippen molar-refractivity contribution in [3.05, 3.63) is 65.5 Å². The molecule has 0 N–H and O–H groups in total. The van der Waals surface area contributed by atoms with Crippen molar-refractivity contribution in [2.24, 2.45) is 5.92 Å². The third-order valence-corrected chi connectivity index (χ3v) is 5.56. The molecule has 5 heteroatoms. The second-order valence-electron chi connectivity index (χ2n) is 7.65. The maximum atomic E-state index is 12.6. The molecule has 0 bridgehead atoms. The van der Waals surface area contributed by atoms with Crippen LogP contribution < -0.4 is 0 Å². The molecule has 2 heterocycles. The van der Waals surface area contributed by atoms with E-state index in [0.717, 1.165) is 50.0 Å². The van der Waals surface area contributed by atoms with E-state index in [1.54, 1.807) is 18.0 Å². The number of hydrogen-bond donors (Lipinski definition) is 0. The smallest absolute Gasteiger partial charge is 0.253 e. The zero-order valence-corrected chi connectivity index (χ0v) is 16.8. The van der Waals surface area contributed by atoms with E-state index in [-0.39, 0.29) is 11.8 Å². The van der Waals surface area contributed by atoms with Gasteiger partial charge >= 0.3 is 0 Å². The van der Waals surface area contributed by atoms with Crippen molar-refractivity contribution >= 4 is 11.8 Å². The van der Waals surface area contributed by atoms with Gasteiger partial charge in [0.15, 0.2) is 0 Å². The number of carbonyl (C=O) groups excluding carboxylic acids is 2. The average Bonchev–Trinajstić information content (AvgIpc) is 2.73. The van der Waals surface area contributed by atoms with Crippen LogP contribution in [0.2, 0.25) is 0 Å². The number of likely N-dealkylation sites (N-methyl/N-ethyl adjacent to an activating group) is 1. The number of rotatable bonds is 6. The van der Waals surface area contributed by atoms with E-state index in [9.17, 15) is 9.59 Å². The number of hydrogen-bond acceptors (Lipinski definition) is 3. The monoisotopic (exact) mass is 379 g/mol. The first kappa shape index (κ1) is 20.1. The first-order valence-electron chi connectivity index (χ1n) is 10.0. The van der Waals surface area contributed by atoms with Crippen molar-refractivity contribution in [1.29, 1.82) is 0 Å². The van der Waals surface area contributed by atoms with E-state index in [4.69, 9.17) is 0 Å². The van der Waals surface area contributed by atoms with Crippen LogP contribution in [0.1, 0.15) is 41.4 Å². The summed E-state index contributed by atoms with van der Waals surface area (Å²) in [4.78, 5) is 32.1. The Labute approximate surface area is 167 Å². The second kappa shape index (κ2) is 9.49. The Morgan fingerprint density at radius 1 is 1.11 bits per heavy atom. The number of likely N-dealkylation sites (tertiary alicyclic amines) is 1. The fraction of sp³-hybridized carbons (Fsp3) is 0.435. The van der Waals surface area contributed by atoms with Crippen LogP contribution in [-0.2, 0) is 17.6 Å². The number of carbonyl (C=O) groups is 2. The lowest BCUT2D eigenvalue weighted by atomic mass is 9.90. The summed E-state index contributed by atoms with van der Waals surface area (Å²) in [5.41, 5.74) is 2.97. The van der Waals surface area contributed by atoms with E-state index in [1.807, 2.05) is 42.3 Å². The summed E-state index contributed by atoms with van der Waals surface area (Å²) >= 11 is 0. The topological polar surface area (TPSA) is 53.5 Å². The number of pyridine rings is 1. The molecular weight excluding hydrogens is 350 g/mol. The highest BCUT2D eigenvalue weighted by Gasteiger charge is 2.21. The van der Waals surface area contributed by atoms with Crippen LogP contribution in [-0.4, -0.2) is 53.3 Å². The molecule has 0 unspecified atom stereocenters. The van der Waals surface area contributed by atoms with Gasteiger partial charge in [-0.3, -0.25) is 14.6 Å². The van der Waals surface area contributed by atoms with Gasteiger partial charge in [0.1, 0.15) is 0 Å². The minimum Gasteiger partial charge on any atom is -0.343 e. The molecule has 0 atom stereocenters. The Kier molecular flexibility index (Phi) is 6.80. The van der Waals surface area contributed by atoms with Crippen molar-refractivity contribution in [3.63, 3.8) is 0 Å². The lowest BCUT2D eigenvalue weighted by Gasteiger charge is -2.31. The summed E-state index contributed by atoms with van der Waals surface area (Å²) in [6.07, 6.45) is 5.64. The van der Waals surface area contributed by atoms with Crippen LogP contribution >= 0.6 is 0 Å². The molecule has 1 aliphatic rings. The fourth-order valence-corrected chi connectivity index (χ4v) is 3.72. The SMILES string of the molecule is CC(=O)N1CCC(Cc2ccc(C(=O)N(C)CCc3ccccn3)cc2)CC1. The van der Waals surface area contributed by atoms with E-state index in [0.29, 0.717) is 12.5 Å². The normalized spacial score (nSPS) is 14.7. The molecule has 0 radical (unpaired) electrons. The highest BCUT2D eigenvalue weighted by atomic mass is 16.2. The molecule has 0 spiro atoms. The molecule has 3 rings (SSSR count). The zero-order valence-electron chi connectivity index (χ0n) is 16.8. The van der Waals surface area contributed by atoms with Crippen molar-refractivity contribution in [2.75, 3.05) is 26.7 Å². The maximum Gasteiger partial charge on any atom is 0.253 e. The summed E-state index contributed by atoms with van der Waals surface area (Å²) in [6, 6.07) is 13.8. The third kappa shape index (κ3) is 5.41. The molecule has 5 nitrogen and oxygen atoms in total. The lowest BCUT2D eigenvalue weighted by Crippen LogP contribution is -2.37. The summed E-state index contributed by atoms with van der Waals surface area (Å²) in [6.45, 7) is 4.00. The molecule has 148 valence electrons. The van der Waals surface area contributed by atoms with Gasteiger partial charge in [0.2, 0.25) is 5.91 Å². The third-order valence-electron chi connectivity index (χ3n) is 5.56. The number of piperidine rings is 1. The van der Waals surface area contributed by atoms with Crippen LogP contribution in [0.5, 0.6) is 0 Å². The first-order valence-corrected chi connectivity index (χ1v) is 10.0. The van der Waals surface area contributed by atoms with Crippen molar-refractivity contribution in [3.8, 4) is 0 Å². The standard InChI is InChI=1S/C23H29N3O2/c1-18(27)26-15-10-20(11-16-26)17-19-6-8-21(9-7-19)23(28)25(2)14-12-22-5-3-4-13-24-22/h3-9,13,20H,10-12,14-17H2,1-2H3. The molecule has 1 fully saturated rings. The zero-order chi connectivity index (χ0) is 19.9. The molecule has 2 aromatic rings. The number of nitrogens with zero attached hydrogens (tertiary/aromatic N) is 3. The molecule has 0 aliphatic carbocycles. The summed E-state index contributed by atoms with van der Waals surface area (Å²) in [7, 11) is 1.84. The van der Waals surface area contributed by atoms with Gasteiger partial charge in [-0.15, -0.1) is 0 Å². The minimum atomic E-state index is 0.0391. The molecule has 0 saturated carbocycles. The molecule has 2 amide bonds. The number of aromatic nitrogens is 1. The Balaban J connectivity index is 1.49.